The molecule has 87 heavy (non-hydrogen) atoms. The summed E-state index contributed by atoms with van der Waals surface area (Å²) in [4.78, 5) is 35.9. The highest BCUT2D eigenvalue weighted by Gasteiger charge is 2.27. The molecule has 0 amide bonds. The van der Waals surface area contributed by atoms with Gasteiger partial charge in [-0.1, -0.05) is 314 Å². The molecule has 0 saturated carbocycles. The van der Waals surface area contributed by atoms with E-state index in [1.54, 1.807) is 0 Å². The number of phosphoric acid groups is 1. The molecular formula is C77H133NO8P+. The molecular weight excluding hydrogens is 1100 g/mol. The van der Waals surface area contributed by atoms with Crippen LogP contribution in [-0.2, 0) is 32.7 Å². The summed E-state index contributed by atoms with van der Waals surface area (Å²) in [5, 5.41) is 0. The van der Waals surface area contributed by atoms with Crippen molar-refractivity contribution < 1.29 is 42.1 Å². The van der Waals surface area contributed by atoms with Gasteiger partial charge in [-0.15, -0.1) is 0 Å². The molecule has 0 aliphatic carbocycles. The molecule has 2 unspecified atom stereocenters. The minimum absolute atomic E-state index is 0.0226. The summed E-state index contributed by atoms with van der Waals surface area (Å²) in [5.74, 6) is -0.817. The zero-order valence-corrected chi connectivity index (χ0v) is 57.6. The van der Waals surface area contributed by atoms with Gasteiger partial charge in [0.1, 0.15) is 19.8 Å². The SMILES string of the molecule is CC/C=C\C/C=C\C/C=C\C/C=C\C/C=C\C/C=C\C/C=C\C/C=C\C/C=C\C/C=C\C/C=C\CCCCCCCC(=O)OC(COC(=O)CCCCCCCCCCCCCCCCCCCCCCCCCC)COP(=O)(O)OCC[N+](C)(C)C. The highest BCUT2D eigenvalue weighted by atomic mass is 31.2. The number of likely N-dealkylation sites (N-methyl/N-ethyl adjacent to an activating group) is 1. The van der Waals surface area contributed by atoms with Gasteiger partial charge < -0.3 is 18.9 Å². The second-order valence-corrected chi connectivity index (χ2v) is 26.0. The van der Waals surface area contributed by atoms with Crippen LogP contribution >= 0.6 is 7.82 Å². The average molecular weight is 1230 g/mol. The third-order valence-electron chi connectivity index (χ3n) is 14.9. The summed E-state index contributed by atoms with van der Waals surface area (Å²) in [6.07, 6.45) is 97.0. The van der Waals surface area contributed by atoms with Crippen molar-refractivity contribution >= 4 is 19.8 Å². The summed E-state index contributed by atoms with van der Waals surface area (Å²) >= 11 is 0. The maximum absolute atomic E-state index is 12.9. The topological polar surface area (TPSA) is 108 Å². The van der Waals surface area contributed by atoms with E-state index < -0.39 is 26.5 Å². The van der Waals surface area contributed by atoms with Crippen LogP contribution in [0.15, 0.2) is 134 Å². The molecule has 10 heteroatoms. The van der Waals surface area contributed by atoms with Gasteiger partial charge in [-0.25, -0.2) is 4.57 Å². The highest BCUT2D eigenvalue weighted by molar-refractivity contribution is 7.47. The Labute approximate surface area is 536 Å². The Morgan fingerprint density at radius 3 is 0.977 bits per heavy atom. The molecule has 0 spiro atoms. The van der Waals surface area contributed by atoms with Crippen LogP contribution in [-0.4, -0.2) is 74.9 Å². The third-order valence-corrected chi connectivity index (χ3v) is 15.9. The highest BCUT2D eigenvalue weighted by Crippen LogP contribution is 2.43. The van der Waals surface area contributed by atoms with E-state index in [0.29, 0.717) is 17.4 Å². The fourth-order valence-electron chi connectivity index (χ4n) is 9.55. The monoisotopic (exact) mass is 1230 g/mol. The van der Waals surface area contributed by atoms with Crippen molar-refractivity contribution in [3.05, 3.63) is 134 Å². The number of hydrogen-bond acceptors (Lipinski definition) is 7. The minimum atomic E-state index is -4.40. The van der Waals surface area contributed by atoms with Crippen LogP contribution in [0.4, 0.5) is 0 Å². The molecule has 2 atom stereocenters. The van der Waals surface area contributed by atoms with Gasteiger partial charge in [0.2, 0.25) is 0 Å². The van der Waals surface area contributed by atoms with E-state index in [0.717, 1.165) is 122 Å². The number of nitrogens with zero attached hydrogens (tertiary/aromatic N) is 1. The van der Waals surface area contributed by atoms with Gasteiger partial charge in [0.05, 0.1) is 27.7 Å². The molecule has 0 rings (SSSR count). The standard InChI is InChI=1S/C77H132NO8P/c1-6-8-10-12-14-16-18-20-22-24-26-28-30-32-33-34-35-36-37-38-39-40-41-42-43-44-45-46-48-50-52-54-56-58-60-62-64-66-68-70-77(80)86-75(74-85-87(81,82)84-72-71-78(3,4)5)73-83-76(79)69-67-65-63-61-59-57-55-53-51-49-47-31-29-27-25-23-21-19-17-15-13-11-9-7-2/h8,10,14,16,20,22,26,28,32-33,35-36,38-39,41-42,44-45,48,50,54,56,75H,6-7,9,11-13,15,17-19,21,23-25,27,29-31,34,37,40,43,46-47,49,51-53,55,57-74H2,1-5H3/p+1/b10-8-,16-14-,22-20-,28-26-,33-32-,36-35-,39-38-,42-41-,45-44-,50-48-,56-54-. The van der Waals surface area contributed by atoms with Crippen molar-refractivity contribution in [1.29, 1.82) is 0 Å². The maximum Gasteiger partial charge on any atom is 0.472 e. The van der Waals surface area contributed by atoms with Gasteiger partial charge in [-0.2, -0.15) is 0 Å². The predicted molar refractivity (Wildman–Crippen MR) is 376 cm³/mol. The molecule has 0 aliphatic rings. The summed E-state index contributed by atoms with van der Waals surface area (Å²) in [7, 11) is 1.46. The van der Waals surface area contributed by atoms with Crippen molar-refractivity contribution in [2.24, 2.45) is 0 Å². The Morgan fingerprint density at radius 1 is 0.368 bits per heavy atom. The van der Waals surface area contributed by atoms with Crippen molar-refractivity contribution in [2.75, 3.05) is 47.5 Å². The second kappa shape index (κ2) is 66.6. The molecule has 0 saturated heterocycles. The first-order valence-electron chi connectivity index (χ1n) is 35.4. The molecule has 0 heterocycles. The second-order valence-electron chi connectivity index (χ2n) is 24.5. The first kappa shape index (κ1) is 83.2. The number of phosphoric ester groups is 1. The van der Waals surface area contributed by atoms with Crippen LogP contribution in [0.1, 0.15) is 290 Å². The van der Waals surface area contributed by atoms with E-state index in [-0.39, 0.29) is 32.0 Å². The fraction of sp³-hybridized carbons (Fsp3) is 0.688. The van der Waals surface area contributed by atoms with Crippen molar-refractivity contribution in [2.45, 2.75) is 296 Å². The van der Waals surface area contributed by atoms with Gasteiger partial charge in [-0.05, 0) is 96.3 Å². The number of carbonyl (C=O) groups is 2. The molecule has 0 bridgehead atoms. The number of carbonyl (C=O) groups excluding carboxylic acids is 2. The smallest absolute Gasteiger partial charge is 0.462 e. The van der Waals surface area contributed by atoms with E-state index in [9.17, 15) is 19.0 Å². The number of rotatable bonds is 64. The Hall–Kier alpha value is -3.85. The molecule has 0 fully saturated rings. The quantitative estimate of drug-likeness (QED) is 0.0211. The third kappa shape index (κ3) is 71.1. The number of unbranched alkanes of at least 4 members (excludes halogenated alkanes) is 28. The number of quaternary nitrogens is 1. The Kier molecular flexibility index (Phi) is 63.6. The molecule has 0 aromatic rings. The molecule has 0 aromatic heterocycles. The lowest BCUT2D eigenvalue weighted by Gasteiger charge is -2.24. The Bertz CT molecular complexity index is 1930. The van der Waals surface area contributed by atoms with Crippen molar-refractivity contribution in [1.82, 2.24) is 0 Å². The van der Waals surface area contributed by atoms with Gasteiger partial charge in [0.25, 0.3) is 0 Å². The zero-order chi connectivity index (χ0) is 63.4. The van der Waals surface area contributed by atoms with Crippen LogP contribution in [0.25, 0.3) is 0 Å². The lowest BCUT2D eigenvalue weighted by Crippen LogP contribution is -2.37. The zero-order valence-electron chi connectivity index (χ0n) is 56.7. The largest absolute Gasteiger partial charge is 0.472 e. The molecule has 0 aromatic carbocycles. The number of allylic oxidation sites excluding steroid dienone is 22. The number of esters is 2. The van der Waals surface area contributed by atoms with Crippen LogP contribution in [0, 0.1) is 0 Å². The van der Waals surface area contributed by atoms with E-state index in [2.05, 4.69) is 148 Å². The van der Waals surface area contributed by atoms with Crippen LogP contribution in [0.3, 0.4) is 0 Å². The molecule has 0 radical (unpaired) electrons. The Balaban J connectivity index is 4.14. The predicted octanol–water partition coefficient (Wildman–Crippen LogP) is 23.2. The van der Waals surface area contributed by atoms with Crippen molar-refractivity contribution in [3.8, 4) is 0 Å². The molecule has 498 valence electrons. The van der Waals surface area contributed by atoms with E-state index in [1.807, 2.05) is 21.1 Å². The lowest BCUT2D eigenvalue weighted by atomic mass is 10.0. The summed E-state index contributed by atoms with van der Waals surface area (Å²) < 4.78 is 34.7. The van der Waals surface area contributed by atoms with E-state index >= 15 is 0 Å². The normalized spacial score (nSPS) is 14.0. The van der Waals surface area contributed by atoms with Gasteiger partial charge >= 0.3 is 19.8 Å². The Morgan fingerprint density at radius 2 is 0.655 bits per heavy atom. The van der Waals surface area contributed by atoms with E-state index in [4.69, 9.17) is 18.5 Å². The molecule has 0 aliphatic heterocycles. The van der Waals surface area contributed by atoms with Crippen LogP contribution in [0.5, 0.6) is 0 Å². The summed E-state index contributed by atoms with van der Waals surface area (Å²) in [6, 6.07) is 0. The summed E-state index contributed by atoms with van der Waals surface area (Å²) in [6.45, 7) is 4.32. The number of hydrogen-bond donors (Lipinski definition) is 1. The molecule has 1 N–H and O–H groups in total. The summed E-state index contributed by atoms with van der Waals surface area (Å²) in [5.41, 5.74) is 0. The van der Waals surface area contributed by atoms with Gasteiger partial charge in [0, 0.05) is 12.8 Å². The van der Waals surface area contributed by atoms with Crippen LogP contribution in [0.2, 0.25) is 0 Å². The average Bonchev–Trinajstić information content (AvgIpc) is 3.68. The first-order valence-corrected chi connectivity index (χ1v) is 36.9. The van der Waals surface area contributed by atoms with Crippen molar-refractivity contribution in [3.63, 3.8) is 0 Å². The van der Waals surface area contributed by atoms with Gasteiger partial charge in [0.15, 0.2) is 6.10 Å². The van der Waals surface area contributed by atoms with Crippen LogP contribution < -0.4 is 0 Å². The minimum Gasteiger partial charge on any atom is -0.462 e. The first-order chi connectivity index (χ1) is 42.5. The number of ether oxygens (including phenoxy) is 2. The van der Waals surface area contributed by atoms with E-state index in [1.165, 1.54) is 135 Å². The molecule has 9 nitrogen and oxygen atoms in total. The van der Waals surface area contributed by atoms with Gasteiger partial charge in [-0.3, -0.25) is 18.6 Å². The lowest BCUT2D eigenvalue weighted by molar-refractivity contribution is -0.870. The fourth-order valence-corrected chi connectivity index (χ4v) is 10.3. The maximum atomic E-state index is 12.9.